The van der Waals surface area contributed by atoms with Gasteiger partial charge in [-0.25, -0.2) is 0 Å². The zero-order chi connectivity index (χ0) is 8.93. The molecule has 1 fully saturated rings. The fraction of sp³-hybridized carbons (Fsp3) is 0.400. The number of benzene rings is 1. The van der Waals surface area contributed by atoms with Crippen molar-refractivity contribution < 1.29 is 14.5 Å². The molecule has 0 aliphatic carbocycles. The Kier molecular flexibility index (Phi) is 2.79. The molecule has 1 heterocycles. The first kappa shape index (κ1) is 8.53. The third kappa shape index (κ3) is 2.44. The van der Waals surface area contributed by atoms with Crippen LogP contribution in [0.2, 0.25) is 0 Å². The van der Waals surface area contributed by atoms with Crippen molar-refractivity contribution in [1.29, 1.82) is 0 Å². The Balaban J connectivity index is 1.79. The molecular formula is C10H11O3. The fourth-order valence-electron chi connectivity index (χ4n) is 1.14. The van der Waals surface area contributed by atoms with Gasteiger partial charge in [-0.1, -0.05) is 12.1 Å². The summed E-state index contributed by atoms with van der Waals surface area (Å²) in [6, 6.07) is 10.1. The molecule has 0 spiro atoms. The highest BCUT2D eigenvalue weighted by molar-refractivity contribution is 5.19. The van der Waals surface area contributed by atoms with Gasteiger partial charge in [0.05, 0.1) is 6.61 Å². The first-order valence-electron chi connectivity index (χ1n) is 4.32. The smallest absolute Gasteiger partial charge is 0.165 e. The fourth-order valence-corrected chi connectivity index (χ4v) is 1.14. The van der Waals surface area contributed by atoms with E-state index in [0.29, 0.717) is 12.4 Å². The lowest BCUT2D eigenvalue weighted by molar-refractivity contribution is -0.242. The van der Waals surface area contributed by atoms with Gasteiger partial charge in [0.2, 0.25) is 0 Å². The molecule has 0 bridgehead atoms. The second kappa shape index (κ2) is 4.25. The molecule has 2 rings (SSSR count). The number of rotatable bonds is 3. The number of ether oxygens (including phenoxy) is 1. The maximum Gasteiger partial charge on any atom is 0.165 e. The van der Waals surface area contributed by atoms with Crippen molar-refractivity contribution in [2.75, 3.05) is 13.2 Å². The quantitative estimate of drug-likeness (QED) is 0.521. The van der Waals surface area contributed by atoms with Gasteiger partial charge in [0, 0.05) is 13.0 Å². The highest BCUT2D eigenvalue weighted by Crippen LogP contribution is 2.13. The van der Waals surface area contributed by atoms with Gasteiger partial charge < -0.3 is 9.62 Å². The maximum atomic E-state index is 5.15. The summed E-state index contributed by atoms with van der Waals surface area (Å²) in [5.41, 5.74) is 0. The van der Waals surface area contributed by atoms with Gasteiger partial charge in [-0.2, -0.15) is 4.89 Å². The van der Waals surface area contributed by atoms with Crippen molar-refractivity contribution in [3.8, 4) is 5.75 Å². The van der Waals surface area contributed by atoms with E-state index in [9.17, 15) is 0 Å². The second-order valence-electron chi connectivity index (χ2n) is 2.90. The molecule has 0 saturated carbocycles. The van der Waals surface area contributed by atoms with Crippen LogP contribution in [0.25, 0.3) is 0 Å². The van der Waals surface area contributed by atoms with Crippen molar-refractivity contribution in [1.82, 2.24) is 0 Å². The largest absolute Gasteiger partial charge is 0.378 e. The first-order chi connectivity index (χ1) is 6.45. The van der Waals surface area contributed by atoms with E-state index in [0.717, 1.165) is 13.0 Å². The Morgan fingerprint density at radius 1 is 1.38 bits per heavy atom. The van der Waals surface area contributed by atoms with Gasteiger partial charge in [-0.05, 0) is 18.2 Å². The molecule has 69 valence electrons. The molecule has 3 nitrogen and oxygen atoms in total. The minimum atomic E-state index is 0.0733. The average Bonchev–Trinajstić information content (AvgIpc) is 2.69. The van der Waals surface area contributed by atoms with Crippen LogP contribution in [0.3, 0.4) is 0 Å². The molecule has 0 amide bonds. The van der Waals surface area contributed by atoms with Crippen LogP contribution in [-0.4, -0.2) is 19.3 Å². The zero-order valence-corrected chi connectivity index (χ0v) is 7.23. The van der Waals surface area contributed by atoms with E-state index in [2.05, 4.69) is 6.07 Å². The Morgan fingerprint density at radius 2 is 2.23 bits per heavy atom. The summed E-state index contributed by atoms with van der Waals surface area (Å²) >= 11 is 0. The molecule has 1 aliphatic heterocycles. The van der Waals surface area contributed by atoms with E-state index in [1.165, 1.54) is 0 Å². The summed E-state index contributed by atoms with van der Waals surface area (Å²) in [5.74, 6) is 0.700. The monoisotopic (exact) mass is 179 g/mol. The molecular weight excluding hydrogens is 168 g/mol. The third-order valence-corrected chi connectivity index (χ3v) is 1.86. The van der Waals surface area contributed by atoms with Gasteiger partial charge in [0.25, 0.3) is 0 Å². The maximum absolute atomic E-state index is 5.15. The number of hydrogen-bond donors (Lipinski definition) is 0. The Hall–Kier alpha value is -1.06. The van der Waals surface area contributed by atoms with E-state index in [1.807, 2.05) is 0 Å². The van der Waals surface area contributed by atoms with E-state index in [-0.39, 0.29) is 6.10 Å². The molecule has 0 aromatic heterocycles. The summed E-state index contributed by atoms with van der Waals surface area (Å²) in [6.07, 6.45) is 0.975. The van der Waals surface area contributed by atoms with Gasteiger partial charge in [-0.15, -0.1) is 0 Å². The lowest BCUT2D eigenvalue weighted by Crippen LogP contribution is -2.14. The van der Waals surface area contributed by atoms with E-state index in [4.69, 9.17) is 14.5 Å². The van der Waals surface area contributed by atoms with Crippen LogP contribution in [-0.2, 0) is 9.62 Å². The summed E-state index contributed by atoms with van der Waals surface area (Å²) in [5, 5.41) is 0. The zero-order valence-electron chi connectivity index (χ0n) is 7.23. The Morgan fingerprint density at radius 3 is 2.92 bits per heavy atom. The van der Waals surface area contributed by atoms with Crippen LogP contribution in [0.4, 0.5) is 0 Å². The van der Waals surface area contributed by atoms with Crippen LogP contribution >= 0.6 is 0 Å². The van der Waals surface area contributed by atoms with E-state index in [1.54, 1.807) is 24.3 Å². The predicted molar refractivity (Wildman–Crippen MR) is 46.2 cm³/mol. The van der Waals surface area contributed by atoms with Gasteiger partial charge >= 0.3 is 0 Å². The minimum absolute atomic E-state index is 0.0733. The first-order valence-corrected chi connectivity index (χ1v) is 4.32. The Bertz CT molecular complexity index is 242. The standard InChI is InChI=1S/C10H11O3/c1-2-4-9(5-3-1)12-13-10-6-7-11-8-10/h2-5,10H,6-8H2. The van der Waals surface area contributed by atoms with Crippen molar-refractivity contribution >= 4 is 0 Å². The SMILES string of the molecule is [c]1ccc(OOC2CCOC2)cc1. The third-order valence-electron chi connectivity index (χ3n) is 1.86. The van der Waals surface area contributed by atoms with Crippen molar-refractivity contribution in [2.45, 2.75) is 12.5 Å². The minimum Gasteiger partial charge on any atom is -0.378 e. The van der Waals surface area contributed by atoms with Crippen LogP contribution in [0.5, 0.6) is 5.75 Å². The highest BCUT2D eigenvalue weighted by Gasteiger charge is 2.17. The molecule has 1 radical (unpaired) electrons. The molecule has 0 N–H and O–H groups in total. The molecule has 1 unspecified atom stereocenters. The lowest BCUT2D eigenvalue weighted by atomic mass is 10.3. The van der Waals surface area contributed by atoms with Crippen LogP contribution < -0.4 is 4.89 Å². The topological polar surface area (TPSA) is 27.7 Å². The normalized spacial score (nSPS) is 21.7. The van der Waals surface area contributed by atoms with Gasteiger partial charge in [0.15, 0.2) is 5.75 Å². The van der Waals surface area contributed by atoms with Crippen LogP contribution in [0, 0.1) is 6.07 Å². The summed E-state index contributed by atoms with van der Waals surface area (Å²) in [6.45, 7) is 1.38. The molecule has 13 heavy (non-hydrogen) atoms. The lowest BCUT2D eigenvalue weighted by Gasteiger charge is -2.08. The predicted octanol–water partition coefficient (Wildman–Crippen LogP) is 1.59. The van der Waals surface area contributed by atoms with Crippen LogP contribution in [0.15, 0.2) is 24.3 Å². The molecule has 1 aromatic rings. The van der Waals surface area contributed by atoms with Gasteiger partial charge in [0.1, 0.15) is 6.10 Å². The molecule has 1 saturated heterocycles. The number of hydrogen-bond acceptors (Lipinski definition) is 3. The summed E-state index contributed by atoms with van der Waals surface area (Å²) in [7, 11) is 0. The average molecular weight is 179 g/mol. The van der Waals surface area contributed by atoms with E-state index >= 15 is 0 Å². The van der Waals surface area contributed by atoms with E-state index < -0.39 is 0 Å². The van der Waals surface area contributed by atoms with Crippen LogP contribution in [0.1, 0.15) is 6.42 Å². The summed E-state index contributed by atoms with van der Waals surface area (Å²) < 4.78 is 5.13. The Labute approximate surface area is 77.2 Å². The van der Waals surface area contributed by atoms with Crippen molar-refractivity contribution in [2.24, 2.45) is 0 Å². The molecule has 1 aliphatic rings. The molecule has 3 heteroatoms. The highest BCUT2D eigenvalue weighted by atomic mass is 17.2. The summed E-state index contributed by atoms with van der Waals surface area (Å²) in [4.78, 5) is 10.2. The van der Waals surface area contributed by atoms with Crippen molar-refractivity contribution in [3.63, 3.8) is 0 Å². The molecule has 1 atom stereocenters. The van der Waals surface area contributed by atoms with Crippen molar-refractivity contribution in [3.05, 3.63) is 30.3 Å². The second-order valence-corrected chi connectivity index (χ2v) is 2.90. The molecule has 1 aromatic carbocycles. The van der Waals surface area contributed by atoms with Gasteiger partial charge in [-0.3, -0.25) is 0 Å².